The molecule has 0 radical (unpaired) electrons. The summed E-state index contributed by atoms with van der Waals surface area (Å²) in [6.07, 6.45) is -13.3. The van der Waals surface area contributed by atoms with E-state index in [2.05, 4.69) is 0 Å². The van der Waals surface area contributed by atoms with Gasteiger partial charge in [-0.05, 0) is 42.3 Å². The molecule has 0 aliphatic carbocycles. The van der Waals surface area contributed by atoms with Gasteiger partial charge in [0.15, 0.2) is 0 Å². The molecule has 0 unspecified atom stereocenters. The van der Waals surface area contributed by atoms with Gasteiger partial charge in [-0.25, -0.2) is 9.69 Å². The zero-order valence-corrected chi connectivity index (χ0v) is 24.0. The number of rotatable bonds is 7. The van der Waals surface area contributed by atoms with Crippen molar-refractivity contribution >= 4 is 25.3 Å². The molecule has 1 N–H and O–H groups in total. The first kappa shape index (κ1) is 31.3. The number of halogens is 6. The summed E-state index contributed by atoms with van der Waals surface area (Å²) in [5.74, 6) is -0.867. The molecule has 5 nitrogen and oxygen atoms in total. The highest BCUT2D eigenvalue weighted by Crippen LogP contribution is 2.51. The van der Waals surface area contributed by atoms with E-state index >= 15 is 0 Å². The third-order valence-electron chi connectivity index (χ3n) is 7.65. The maximum absolute atomic E-state index is 14.4. The molecule has 1 aliphatic heterocycles. The van der Waals surface area contributed by atoms with Crippen molar-refractivity contribution in [1.29, 1.82) is 0 Å². The Balaban J connectivity index is 1.92. The smallest absolute Gasteiger partial charge is 0.417 e. The number of benzene rings is 3. The lowest BCUT2D eigenvalue weighted by atomic mass is 9.78. The van der Waals surface area contributed by atoms with Crippen LogP contribution in [-0.2, 0) is 21.9 Å². The lowest BCUT2D eigenvalue weighted by molar-refractivity contribution is -0.159. The molecule has 2 amide bonds. The predicted molar refractivity (Wildman–Crippen MR) is 145 cm³/mol. The van der Waals surface area contributed by atoms with E-state index < -0.39 is 73.3 Å². The van der Waals surface area contributed by atoms with Crippen molar-refractivity contribution in [2.75, 3.05) is 6.61 Å². The Morgan fingerprint density at radius 2 is 1.38 bits per heavy atom. The molecule has 1 heterocycles. The van der Waals surface area contributed by atoms with Gasteiger partial charge in [0.1, 0.15) is 6.10 Å². The van der Waals surface area contributed by atoms with Crippen molar-refractivity contribution in [3.05, 3.63) is 101 Å². The van der Waals surface area contributed by atoms with Gasteiger partial charge < -0.3 is 9.84 Å². The fraction of sp³-hybridized carbons (Fsp3) is 0.333. The van der Waals surface area contributed by atoms with Crippen LogP contribution in [0.3, 0.4) is 0 Å². The number of aliphatic hydroxyl groups is 1. The third kappa shape index (κ3) is 6.09. The first-order valence-electron chi connectivity index (χ1n) is 13.0. The number of imide groups is 1. The molecule has 4 rings (SSSR count). The van der Waals surface area contributed by atoms with E-state index in [1.165, 1.54) is 6.92 Å². The van der Waals surface area contributed by atoms with Crippen LogP contribution in [0.2, 0.25) is 19.1 Å². The van der Waals surface area contributed by atoms with Gasteiger partial charge in [-0.15, -0.1) is 0 Å². The van der Waals surface area contributed by atoms with E-state index in [0.717, 1.165) is 10.1 Å². The summed E-state index contributed by atoms with van der Waals surface area (Å²) in [6, 6.07) is 16.9. The summed E-state index contributed by atoms with van der Waals surface area (Å²) in [7, 11) is -2.68. The van der Waals surface area contributed by atoms with E-state index in [0.29, 0.717) is 17.7 Å². The molecular formula is C30H29F6NO4Si. The highest BCUT2D eigenvalue weighted by Gasteiger charge is 2.57. The number of carbonyl (C=O) groups excluding carboxylic acids is 2. The minimum absolute atomic E-state index is 0.00181. The summed E-state index contributed by atoms with van der Waals surface area (Å²) in [5, 5.41) is 11.1. The van der Waals surface area contributed by atoms with Crippen molar-refractivity contribution < 1.29 is 45.8 Å². The summed E-state index contributed by atoms with van der Waals surface area (Å²) in [5.41, 5.74) is -5.17. The number of amides is 2. The number of aliphatic hydroxyl groups excluding tert-OH is 1. The second kappa shape index (κ2) is 11.2. The fourth-order valence-electron chi connectivity index (χ4n) is 5.68. The summed E-state index contributed by atoms with van der Waals surface area (Å²) >= 11 is 0. The average molecular weight is 610 g/mol. The number of alkyl halides is 6. The summed E-state index contributed by atoms with van der Waals surface area (Å²) < 4.78 is 88.3. The zero-order valence-electron chi connectivity index (χ0n) is 23.0. The van der Waals surface area contributed by atoms with Gasteiger partial charge in [0, 0.05) is 0 Å². The van der Waals surface area contributed by atoms with Crippen molar-refractivity contribution in [3.63, 3.8) is 0 Å². The second-order valence-corrected chi connectivity index (χ2v) is 15.9. The molecule has 1 fully saturated rings. The highest BCUT2D eigenvalue weighted by molar-refractivity contribution is 6.90. The first-order valence-corrected chi connectivity index (χ1v) is 16.2. The third-order valence-corrected chi connectivity index (χ3v) is 11.2. The van der Waals surface area contributed by atoms with Gasteiger partial charge in [-0.3, -0.25) is 4.79 Å². The van der Waals surface area contributed by atoms with E-state index in [4.69, 9.17) is 4.74 Å². The Hall–Kier alpha value is -3.64. The monoisotopic (exact) mass is 609 g/mol. The van der Waals surface area contributed by atoms with Crippen LogP contribution in [0.25, 0.3) is 0 Å². The van der Waals surface area contributed by atoms with Gasteiger partial charge in [-0.1, -0.05) is 78.9 Å². The molecule has 1 aliphatic rings. The summed E-state index contributed by atoms with van der Waals surface area (Å²) in [6.45, 7) is 4.52. The van der Waals surface area contributed by atoms with E-state index in [1.807, 2.05) is 25.2 Å². The van der Waals surface area contributed by atoms with E-state index in [-0.39, 0.29) is 12.1 Å². The molecular weight excluding hydrogens is 580 g/mol. The minimum atomic E-state index is -5.14. The first-order chi connectivity index (χ1) is 19.5. The minimum Gasteiger partial charge on any atom is -0.440 e. The van der Waals surface area contributed by atoms with Crippen LogP contribution in [-0.4, -0.2) is 36.7 Å². The van der Waals surface area contributed by atoms with Crippen LogP contribution >= 0.6 is 0 Å². The van der Waals surface area contributed by atoms with Crippen molar-refractivity contribution in [1.82, 2.24) is 4.90 Å². The highest BCUT2D eigenvalue weighted by atomic mass is 28.3. The largest absolute Gasteiger partial charge is 0.440 e. The van der Waals surface area contributed by atoms with Gasteiger partial charge in [-0.2, -0.15) is 26.3 Å². The zero-order chi connectivity index (χ0) is 31.1. The summed E-state index contributed by atoms with van der Waals surface area (Å²) in [4.78, 5) is 28.5. The number of nitrogens with zero attached hydrogens (tertiary/aromatic N) is 1. The van der Waals surface area contributed by atoms with Gasteiger partial charge >= 0.3 is 18.4 Å². The molecule has 12 heteroatoms. The number of hydrogen-bond donors (Lipinski definition) is 1. The normalized spacial score (nSPS) is 20.8. The number of hydrogen-bond acceptors (Lipinski definition) is 4. The van der Waals surface area contributed by atoms with Crippen LogP contribution in [0.15, 0.2) is 78.9 Å². The van der Waals surface area contributed by atoms with Crippen LogP contribution in [0.5, 0.6) is 0 Å². The topological polar surface area (TPSA) is 66.8 Å². The van der Waals surface area contributed by atoms with Crippen LogP contribution in [0, 0.1) is 5.41 Å². The Labute approximate surface area is 239 Å². The van der Waals surface area contributed by atoms with Gasteiger partial charge in [0.05, 0.1) is 37.3 Å². The number of carbonyl (C=O) groups is 2. The number of cyclic esters (lactones) is 1. The molecule has 224 valence electrons. The van der Waals surface area contributed by atoms with E-state index in [9.17, 15) is 41.0 Å². The van der Waals surface area contributed by atoms with Gasteiger partial charge in [0.25, 0.3) is 0 Å². The lowest BCUT2D eigenvalue weighted by Crippen LogP contribution is -2.59. The Morgan fingerprint density at radius 1 is 0.881 bits per heavy atom. The quantitative estimate of drug-likeness (QED) is 0.229. The molecule has 3 atom stereocenters. The SMILES string of the molecule is C[C@]1(C[Si](C)(C)c2ccccc2)C(=O)N([C@H](CO)c2ccccc2)C(=O)O[C@@H]1c1cc(C(F)(F)F)cc(C(F)(F)F)c1. The van der Waals surface area contributed by atoms with Crippen molar-refractivity contribution in [3.8, 4) is 0 Å². The average Bonchev–Trinajstić information content (AvgIpc) is 2.93. The molecule has 0 spiro atoms. The second-order valence-electron chi connectivity index (χ2n) is 11.2. The molecule has 1 saturated heterocycles. The van der Waals surface area contributed by atoms with Crippen molar-refractivity contribution in [2.45, 2.75) is 50.6 Å². The Bertz CT molecular complexity index is 1410. The van der Waals surface area contributed by atoms with Crippen LogP contribution < -0.4 is 5.19 Å². The molecule has 42 heavy (non-hydrogen) atoms. The fourth-order valence-corrected chi connectivity index (χ4v) is 9.15. The maximum atomic E-state index is 14.4. The number of ether oxygens (including phenoxy) is 1. The van der Waals surface area contributed by atoms with Crippen LogP contribution in [0.4, 0.5) is 31.1 Å². The Morgan fingerprint density at radius 3 is 1.86 bits per heavy atom. The molecule has 0 aromatic heterocycles. The molecule has 3 aromatic carbocycles. The molecule has 0 bridgehead atoms. The molecule has 3 aromatic rings. The maximum Gasteiger partial charge on any atom is 0.417 e. The van der Waals surface area contributed by atoms with E-state index in [1.54, 1.807) is 48.5 Å². The standard InChI is InChI=1S/C30H29F6NO4Si/c1-28(18-42(2,3)23-12-8-5-9-13-23)25(20-14-21(29(31,32)33)16-22(15-20)30(34,35)36)41-27(40)37(26(28)39)24(17-38)19-10-6-4-7-11-19/h4-16,24-25,38H,17-18H2,1-3H3/t24-,25-,28-/m1/s1. The van der Waals surface area contributed by atoms with Gasteiger partial charge in [0.2, 0.25) is 5.91 Å². The lowest BCUT2D eigenvalue weighted by Gasteiger charge is -2.48. The predicted octanol–water partition coefficient (Wildman–Crippen LogP) is 7.10. The van der Waals surface area contributed by atoms with Crippen molar-refractivity contribution in [2.24, 2.45) is 5.41 Å². The molecule has 0 saturated carbocycles. The van der Waals surface area contributed by atoms with Crippen LogP contribution in [0.1, 0.15) is 41.3 Å². The Kier molecular flexibility index (Phi) is 8.36.